The minimum atomic E-state index is -4.03. The zero-order valence-corrected chi connectivity index (χ0v) is 13.0. The van der Waals surface area contributed by atoms with Gasteiger partial charge in [-0.2, -0.15) is 5.10 Å². The van der Waals surface area contributed by atoms with E-state index in [1.165, 1.54) is 6.92 Å². The van der Waals surface area contributed by atoms with Gasteiger partial charge in [0.05, 0.1) is 17.8 Å². The van der Waals surface area contributed by atoms with Crippen molar-refractivity contribution in [2.45, 2.75) is 43.2 Å². The summed E-state index contributed by atoms with van der Waals surface area (Å²) >= 11 is 0. The minimum Gasteiger partial charge on any atom is -0.376 e. The molecule has 2 atom stereocenters. The van der Waals surface area contributed by atoms with Crippen LogP contribution in [0.4, 0.5) is 0 Å². The average Bonchev–Trinajstić information content (AvgIpc) is 2.99. The zero-order chi connectivity index (χ0) is 15.2. The van der Waals surface area contributed by atoms with Crippen LogP contribution >= 0.6 is 10.7 Å². The van der Waals surface area contributed by atoms with Crippen LogP contribution in [0.15, 0.2) is 4.90 Å². The molecule has 7 nitrogen and oxygen atoms in total. The Morgan fingerprint density at radius 2 is 2.14 bits per heavy atom. The van der Waals surface area contributed by atoms with Crippen molar-refractivity contribution in [3.05, 3.63) is 11.4 Å². The van der Waals surface area contributed by atoms with E-state index in [0.717, 1.165) is 19.3 Å². The van der Waals surface area contributed by atoms with Gasteiger partial charge in [0.2, 0.25) is 0 Å². The first-order valence-electron chi connectivity index (χ1n) is 6.80. The second-order valence-electron chi connectivity index (χ2n) is 5.51. The van der Waals surface area contributed by atoms with E-state index in [4.69, 9.17) is 15.4 Å². The lowest BCUT2D eigenvalue weighted by atomic mass is 10.1. The summed E-state index contributed by atoms with van der Waals surface area (Å²) < 4.78 is 28.8. The number of nitrogens with zero attached hydrogens (tertiary/aromatic N) is 1. The Kier molecular flexibility index (Phi) is 3.71. The lowest BCUT2D eigenvalue weighted by Crippen LogP contribution is -2.41. The summed E-state index contributed by atoms with van der Waals surface area (Å²) in [5.74, 6) is -0.0466. The van der Waals surface area contributed by atoms with Gasteiger partial charge in [-0.05, 0) is 32.1 Å². The molecule has 0 aromatic carbocycles. The third kappa shape index (κ3) is 2.93. The van der Waals surface area contributed by atoms with Gasteiger partial charge in [0.25, 0.3) is 15.0 Å². The molecule has 9 heteroatoms. The lowest BCUT2D eigenvalue weighted by Gasteiger charge is -2.19. The van der Waals surface area contributed by atoms with Crippen molar-refractivity contribution in [3.63, 3.8) is 0 Å². The number of rotatable bonds is 4. The van der Waals surface area contributed by atoms with E-state index >= 15 is 0 Å². The summed E-state index contributed by atoms with van der Waals surface area (Å²) in [5.41, 5.74) is 0.0560. The number of aryl methyl sites for hydroxylation is 1. The van der Waals surface area contributed by atoms with Crippen molar-refractivity contribution in [1.29, 1.82) is 0 Å². The Morgan fingerprint density at radius 1 is 1.43 bits per heavy atom. The topological polar surface area (TPSA) is 101 Å². The zero-order valence-electron chi connectivity index (χ0n) is 11.4. The quantitative estimate of drug-likeness (QED) is 0.799. The fourth-order valence-corrected chi connectivity index (χ4v) is 4.11. The highest BCUT2D eigenvalue weighted by Gasteiger charge is 2.41. The van der Waals surface area contributed by atoms with Crippen LogP contribution in [-0.4, -0.2) is 43.3 Å². The van der Waals surface area contributed by atoms with Gasteiger partial charge >= 0.3 is 0 Å². The molecule has 1 amide bonds. The monoisotopic (exact) mass is 333 g/mol. The molecule has 0 bridgehead atoms. The maximum absolute atomic E-state index is 12.3. The summed E-state index contributed by atoms with van der Waals surface area (Å²) in [6, 6.07) is -0.104. The van der Waals surface area contributed by atoms with Crippen molar-refractivity contribution in [3.8, 4) is 0 Å². The first-order chi connectivity index (χ1) is 9.88. The minimum absolute atomic E-state index is 0.0186. The average molecular weight is 334 g/mol. The number of aromatic amines is 1. The summed E-state index contributed by atoms with van der Waals surface area (Å²) in [6.45, 7) is 2.11. The van der Waals surface area contributed by atoms with Crippen LogP contribution in [0.5, 0.6) is 0 Å². The first-order valence-corrected chi connectivity index (χ1v) is 9.11. The van der Waals surface area contributed by atoms with Crippen molar-refractivity contribution < 1.29 is 17.9 Å². The fraction of sp³-hybridized carbons (Fsp3) is 0.667. The normalized spacial score (nSPS) is 26.0. The number of ether oxygens (including phenoxy) is 1. The number of carbonyl (C=O) groups is 1. The van der Waals surface area contributed by atoms with Gasteiger partial charge in [-0.3, -0.25) is 9.89 Å². The van der Waals surface area contributed by atoms with Crippen molar-refractivity contribution in [1.82, 2.24) is 15.5 Å². The van der Waals surface area contributed by atoms with E-state index in [0.29, 0.717) is 12.5 Å². The van der Waals surface area contributed by atoms with Crippen molar-refractivity contribution in [2.24, 2.45) is 5.92 Å². The van der Waals surface area contributed by atoms with Gasteiger partial charge < -0.3 is 10.1 Å². The maximum atomic E-state index is 12.3. The molecule has 2 aliphatic rings. The molecular weight excluding hydrogens is 318 g/mol. The highest BCUT2D eigenvalue weighted by Crippen LogP contribution is 2.38. The Balaban J connectivity index is 1.80. The highest BCUT2D eigenvalue weighted by atomic mass is 35.7. The van der Waals surface area contributed by atoms with Crippen molar-refractivity contribution in [2.75, 3.05) is 6.61 Å². The Morgan fingerprint density at radius 3 is 2.76 bits per heavy atom. The van der Waals surface area contributed by atoms with Gasteiger partial charge in [-0.25, -0.2) is 8.42 Å². The molecule has 0 radical (unpaired) electrons. The van der Waals surface area contributed by atoms with E-state index in [-0.39, 0.29) is 28.4 Å². The Labute approximate surface area is 126 Å². The fourth-order valence-electron chi connectivity index (χ4n) is 2.76. The number of H-pyrrole nitrogens is 1. The van der Waals surface area contributed by atoms with Crippen LogP contribution in [-0.2, 0) is 13.8 Å². The number of amides is 1. The second kappa shape index (κ2) is 5.26. The van der Waals surface area contributed by atoms with Crippen LogP contribution in [0.3, 0.4) is 0 Å². The van der Waals surface area contributed by atoms with Crippen LogP contribution in [0.1, 0.15) is 35.4 Å². The molecule has 1 aromatic rings. The molecule has 0 spiro atoms. The summed E-state index contributed by atoms with van der Waals surface area (Å²) in [6.07, 6.45) is 2.96. The van der Waals surface area contributed by atoms with E-state index in [1.54, 1.807) is 0 Å². The third-order valence-corrected chi connectivity index (χ3v) is 5.34. The molecule has 3 rings (SSSR count). The van der Waals surface area contributed by atoms with Crippen LogP contribution in [0, 0.1) is 12.8 Å². The summed E-state index contributed by atoms with van der Waals surface area (Å²) in [5, 5.41) is 9.08. The summed E-state index contributed by atoms with van der Waals surface area (Å²) in [4.78, 5) is 12.0. The molecule has 1 aliphatic heterocycles. The van der Waals surface area contributed by atoms with Crippen LogP contribution < -0.4 is 5.32 Å². The third-order valence-electron chi connectivity index (χ3n) is 3.89. The molecular formula is C12H16ClN3O4S. The van der Waals surface area contributed by atoms with Gasteiger partial charge in [0, 0.05) is 17.3 Å². The largest absolute Gasteiger partial charge is 0.376 e. The maximum Gasteiger partial charge on any atom is 0.273 e. The number of carbonyl (C=O) groups excluding carboxylic acids is 1. The molecule has 2 unspecified atom stereocenters. The molecule has 1 aliphatic carbocycles. The molecule has 2 fully saturated rings. The van der Waals surface area contributed by atoms with Crippen molar-refractivity contribution >= 4 is 25.6 Å². The predicted octanol–water partition coefficient (Wildman–Crippen LogP) is 0.943. The first kappa shape index (κ1) is 14.8. The van der Waals surface area contributed by atoms with E-state index in [1.807, 2.05) is 0 Å². The number of aromatic nitrogens is 2. The number of halogens is 1. The highest BCUT2D eigenvalue weighted by molar-refractivity contribution is 8.13. The summed E-state index contributed by atoms with van der Waals surface area (Å²) in [7, 11) is 1.34. The van der Waals surface area contributed by atoms with E-state index in [2.05, 4.69) is 15.5 Å². The van der Waals surface area contributed by atoms with Gasteiger partial charge in [0.1, 0.15) is 4.90 Å². The van der Waals surface area contributed by atoms with Gasteiger partial charge in [-0.1, -0.05) is 0 Å². The Hall–Kier alpha value is -1.12. The van der Waals surface area contributed by atoms with E-state index in [9.17, 15) is 13.2 Å². The molecule has 1 saturated carbocycles. The van der Waals surface area contributed by atoms with E-state index < -0.39 is 15.0 Å². The smallest absolute Gasteiger partial charge is 0.273 e. The number of nitrogens with one attached hydrogen (secondary N) is 2. The molecule has 21 heavy (non-hydrogen) atoms. The van der Waals surface area contributed by atoms with Crippen LogP contribution in [0.2, 0.25) is 0 Å². The van der Waals surface area contributed by atoms with Gasteiger partial charge in [0.15, 0.2) is 5.69 Å². The molecule has 2 heterocycles. The number of hydrogen-bond donors (Lipinski definition) is 2. The SMILES string of the molecule is Cc1[nH]nc(C(=O)NC2CCOC2C2CC2)c1S(=O)(=O)Cl. The molecule has 1 aromatic heterocycles. The lowest BCUT2D eigenvalue weighted by molar-refractivity contribution is 0.0726. The predicted molar refractivity (Wildman–Crippen MR) is 74.7 cm³/mol. The molecule has 1 saturated heterocycles. The van der Waals surface area contributed by atoms with Crippen LogP contribution in [0.25, 0.3) is 0 Å². The standard InChI is InChI=1S/C12H16ClN3O4S/c1-6-11(21(13,18)19)9(16-15-6)12(17)14-8-4-5-20-10(8)7-2-3-7/h7-8,10H,2-5H2,1H3,(H,14,17)(H,15,16). The Bertz CT molecular complexity index is 668. The van der Waals surface area contributed by atoms with Gasteiger partial charge in [-0.15, -0.1) is 0 Å². The molecule has 2 N–H and O–H groups in total. The molecule has 116 valence electrons. The second-order valence-corrected chi connectivity index (χ2v) is 8.01. The number of hydrogen-bond acceptors (Lipinski definition) is 5.